The van der Waals surface area contributed by atoms with Crippen LogP contribution < -0.4 is 5.32 Å². The van der Waals surface area contributed by atoms with Crippen molar-refractivity contribution >= 4 is 29.3 Å². The maximum absolute atomic E-state index is 12.7. The van der Waals surface area contributed by atoms with Gasteiger partial charge in [-0.15, -0.1) is 11.8 Å². The Kier molecular flexibility index (Phi) is 7.74. The van der Waals surface area contributed by atoms with Gasteiger partial charge in [-0.3, -0.25) is 9.59 Å². The van der Waals surface area contributed by atoms with Gasteiger partial charge in [-0.2, -0.15) is 0 Å². The van der Waals surface area contributed by atoms with Crippen LogP contribution in [-0.4, -0.2) is 29.8 Å². The number of nitrogens with one attached hydrogen (secondary N) is 1. The number of furan rings is 1. The van der Waals surface area contributed by atoms with Crippen molar-refractivity contribution in [3.8, 4) is 0 Å². The fraction of sp³-hybridized carbons (Fsp3) is 0.250. The van der Waals surface area contributed by atoms with E-state index in [1.54, 1.807) is 11.8 Å². The molecule has 6 heteroatoms. The maximum Gasteiger partial charge on any atom is 0.291 e. The van der Waals surface area contributed by atoms with E-state index in [0.717, 1.165) is 16.0 Å². The Labute approximate surface area is 181 Å². The van der Waals surface area contributed by atoms with E-state index in [0.29, 0.717) is 36.7 Å². The van der Waals surface area contributed by atoms with Gasteiger partial charge in [0.1, 0.15) is 0 Å². The summed E-state index contributed by atoms with van der Waals surface area (Å²) in [7, 11) is 0. The van der Waals surface area contributed by atoms with E-state index in [2.05, 4.69) is 5.32 Å². The van der Waals surface area contributed by atoms with E-state index in [4.69, 9.17) is 4.42 Å². The summed E-state index contributed by atoms with van der Waals surface area (Å²) in [6.45, 7) is 5.36. The molecule has 156 valence electrons. The van der Waals surface area contributed by atoms with Gasteiger partial charge in [0.05, 0.1) is 12.7 Å². The second kappa shape index (κ2) is 10.7. The van der Waals surface area contributed by atoms with Crippen molar-refractivity contribution in [1.29, 1.82) is 0 Å². The van der Waals surface area contributed by atoms with Crippen LogP contribution in [-0.2, 0) is 17.0 Å². The Hall–Kier alpha value is -2.99. The molecule has 0 atom stereocenters. The largest absolute Gasteiger partial charge is 0.459 e. The van der Waals surface area contributed by atoms with Crippen LogP contribution in [0.5, 0.6) is 0 Å². The van der Waals surface area contributed by atoms with Gasteiger partial charge in [-0.25, -0.2) is 0 Å². The highest BCUT2D eigenvalue weighted by Crippen LogP contribution is 2.25. The number of carbonyl (C=O) groups is 2. The lowest BCUT2D eigenvalue weighted by molar-refractivity contribution is -0.130. The number of rotatable bonds is 9. The van der Waals surface area contributed by atoms with E-state index in [-0.39, 0.29) is 11.8 Å². The normalized spacial score (nSPS) is 10.6. The maximum atomic E-state index is 12.7. The first-order valence-corrected chi connectivity index (χ1v) is 11.0. The minimum atomic E-state index is -0.282. The molecule has 0 aliphatic heterocycles. The Balaban J connectivity index is 1.59. The zero-order valence-electron chi connectivity index (χ0n) is 17.3. The van der Waals surface area contributed by atoms with E-state index in [1.807, 2.05) is 79.4 Å². The molecule has 0 bridgehead atoms. The number of amides is 2. The average molecular weight is 423 g/mol. The van der Waals surface area contributed by atoms with E-state index in [1.165, 1.54) is 6.26 Å². The smallest absolute Gasteiger partial charge is 0.291 e. The SMILES string of the molecule is CCN(CC)C(=O)Cc1ccc(NC(=O)c2occc2CSc2ccccc2)cc1. The molecule has 0 saturated heterocycles. The first kappa shape index (κ1) is 21.7. The summed E-state index contributed by atoms with van der Waals surface area (Å²) in [5, 5.41) is 2.87. The number of likely N-dealkylation sites (N-methyl/N-ethyl adjacent to an activating group) is 1. The zero-order valence-corrected chi connectivity index (χ0v) is 18.1. The number of hydrogen-bond donors (Lipinski definition) is 1. The molecule has 0 aliphatic rings. The number of thioether (sulfide) groups is 1. The van der Waals surface area contributed by atoms with Gasteiger partial charge in [-0.05, 0) is 49.7 Å². The first-order chi connectivity index (χ1) is 14.6. The molecule has 3 aromatic rings. The van der Waals surface area contributed by atoms with Gasteiger partial charge in [0.2, 0.25) is 5.91 Å². The monoisotopic (exact) mass is 422 g/mol. The van der Waals surface area contributed by atoms with Gasteiger partial charge in [0.25, 0.3) is 5.91 Å². The zero-order chi connectivity index (χ0) is 21.3. The fourth-order valence-corrected chi connectivity index (χ4v) is 3.98. The second-order valence-electron chi connectivity index (χ2n) is 6.77. The van der Waals surface area contributed by atoms with Crippen molar-refractivity contribution in [3.05, 3.63) is 83.8 Å². The van der Waals surface area contributed by atoms with Crippen LogP contribution in [0.3, 0.4) is 0 Å². The molecule has 1 N–H and O–H groups in total. The van der Waals surface area contributed by atoms with Gasteiger partial charge >= 0.3 is 0 Å². The van der Waals surface area contributed by atoms with Crippen LogP contribution in [0.4, 0.5) is 5.69 Å². The lowest BCUT2D eigenvalue weighted by atomic mass is 10.1. The number of anilines is 1. The van der Waals surface area contributed by atoms with Crippen molar-refractivity contribution < 1.29 is 14.0 Å². The third kappa shape index (κ3) is 5.76. The summed E-state index contributed by atoms with van der Waals surface area (Å²) in [5.74, 6) is 0.790. The molecule has 5 nitrogen and oxygen atoms in total. The lowest BCUT2D eigenvalue weighted by Gasteiger charge is -2.18. The Bertz CT molecular complexity index is 964. The van der Waals surface area contributed by atoms with Crippen LogP contribution in [0.2, 0.25) is 0 Å². The molecule has 3 rings (SSSR count). The van der Waals surface area contributed by atoms with Crippen LogP contribution in [0, 0.1) is 0 Å². The molecule has 0 unspecified atom stereocenters. The molecule has 0 fully saturated rings. The molecule has 1 heterocycles. The van der Waals surface area contributed by atoms with Gasteiger partial charge in [0, 0.05) is 35.0 Å². The Morgan fingerprint density at radius 3 is 2.33 bits per heavy atom. The van der Waals surface area contributed by atoms with E-state index in [9.17, 15) is 9.59 Å². The standard InChI is InChI=1S/C24H26N2O3S/c1-3-26(4-2)22(27)16-18-10-12-20(13-11-18)25-24(28)23-19(14-15-29-23)17-30-21-8-6-5-7-9-21/h5-15H,3-4,16-17H2,1-2H3,(H,25,28). The van der Waals surface area contributed by atoms with Crippen LogP contribution >= 0.6 is 11.8 Å². The molecule has 2 amide bonds. The topological polar surface area (TPSA) is 62.6 Å². The van der Waals surface area contributed by atoms with Crippen molar-refractivity contribution in [1.82, 2.24) is 4.90 Å². The van der Waals surface area contributed by atoms with Crippen molar-refractivity contribution in [2.45, 2.75) is 30.9 Å². The summed E-state index contributed by atoms with van der Waals surface area (Å²) in [4.78, 5) is 27.8. The van der Waals surface area contributed by atoms with E-state index >= 15 is 0 Å². The number of nitrogens with zero attached hydrogens (tertiary/aromatic N) is 1. The molecule has 30 heavy (non-hydrogen) atoms. The third-order valence-electron chi connectivity index (χ3n) is 4.77. The predicted molar refractivity (Wildman–Crippen MR) is 121 cm³/mol. The predicted octanol–water partition coefficient (Wildman–Crippen LogP) is 5.24. The summed E-state index contributed by atoms with van der Waals surface area (Å²) in [5.41, 5.74) is 2.43. The van der Waals surface area contributed by atoms with Crippen LogP contribution in [0.25, 0.3) is 0 Å². The molecule has 2 aromatic carbocycles. The Morgan fingerprint density at radius 1 is 0.967 bits per heavy atom. The highest BCUT2D eigenvalue weighted by atomic mass is 32.2. The van der Waals surface area contributed by atoms with Crippen molar-refractivity contribution in [3.63, 3.8) is 0 Å². The first-order valence-electron chi connectivity index (χ1n) is 10.0. The van der Waals surface area contributed by atoms with Crippen LogP contribution in [0.15, 0.2) is 76.2 Å². The van der Waals surface area contributed by atoms with Gasteiger partial charge < -0.3 is 14.6 Å². The number of hydrogen-bond acceptors (Lipinski definition) is 4. The minimum Gasteiger partial charge on any atom is -0.459 e. The van der Waals surface area contributed by atoms with Gasteiger partial charge in [0.15, 0.2) is 5.76 Å². The van der Waals surface area contributed by atoms with E-state index < -0.39 is 0 Å². The van der Waals surface area contributed by atoms with Crippen molar-refractivity contribution in [2.75, 3.05) is 18.4 Å². The molecule has 1 aromatic heterocycles. The highest BCUT2D eigenvalue weighted by Gasteiger charge is 2.16. The lowest BCUT2D eigenvalue weighted by Crippen LogP contribution is -2.31. The minimum absolute atomic E-state index is 0.105. The number of benzene rings is 2. The molecule has 0 spiro atoms. The summed E-state index contributed by atoms with van der Waals surface area (Å²) in [6.07, 6.45) is 1.90. The summed E-state index contributed by atoms with van der Waals surface area (Å²) < 4.78 is 5.44. The summed E-state index contributed by atoms with van der Waals surface area (Å²) >= 11 is 1.65. The molecular formula is C24H26N2O3S. The second-order valence-corrected chi connectivity index (χ2v) is 7.82. The van der Waals surface area contributed by atoms with Gasteiger partial charge in [-0.1, -0.05) is 30.3 Å². The molecule has 0 saturated carbocycles. The molecular weight excluding hydrogens is 396 g/mol. The number of carbonyl (C=O) groups excluding carboxylic acids is 2. The van der Waals surface area contributed by atoms with Crippen molar-refractivity contribution in [2.24, 2.45) is 0 Å². The molecule has 0 aliphatic carbocycles. The molecule has 0 radical (unpaired) electrons. The fourth-order valence-electron chi connectivity index (χ4n) is 3.08. The average Bonchev–Trinajstić information content (AvgIpc) is 3.24. The summed E-state index contributed by atoms with van der Waals surface area (Å²) in [6, 6.07) is 19.2. The Morgan fingerprint density at radius 2 is 1.67 bits per heavy atom. The quantitative estimate of drug-likeness (QED) is 0.479. The van der Waals surface area contributed by atoms with Crippen LogP contribution in [0.1, 0.15) is 35.5 Å². The third-order valence-corrected chi connectivity index (χ3v) is 5.83. The highest BCUT2D eigenvalue weighted by molar-refractivity contribution is 7.98.